The Morgan fingerprint density at radius 1 is 0.903 bits per heavy atom. The Bertz CT molecular complexity index is 808. The fourth-order valence-corrected chi connectivity index (χ4v) is 4.74. The van der Waals surface area contributed by atoms with Crippen LogP contribution in [0.3, 0.4) is 0 Å². The second kappa shape index (κ2) is 11.2. The summed E-state index contributed by atoms with van der Waals surface area (Å²) < 4.78 is 48.0. The van der Waals surface area contributed by atoms with Crippen molar-refractivity contribution < 1.29 is 17.9 Å². The molecule has 170 valence electrons. The third kappa shape index (κ3) is 6.58. The molecule has 0 N–H and O–H groups in total. The van der Waals surface area contributed by atoms with Gasteiger partial charge in [0, 0.05) is 0 Å². The minimum atomic E-state index is -3.35. The molecule has 2 aromatic rings. The lowest BCUT2D eigenvalue weighted by molar-refractivity contribution is -0.248. The summed E-state index contributed by atoms with van der Waals surface area (Å²) in [4.78, 5) is 0. The highest BCUT2D eigenvalue weighted by atomic mass is 19.3. The van der Waals surface area contributed by atoms with Gasteiger partial charge in [-0.15, -0.1) is 0 Å². The van der Waals surface area contributed by atoms with Crippen LogP contribution in [0.25, 0.3) is 0 Å². The van der Waals surface area contributed by atoms with Crippen molar-refractivity contribution in [1.82, 2.24) is 0 Å². The Morgan fingerprint density at radius 2 is 1.61 bits per heavy atom. The van der Waals surface area contributed by atoms with Crippen molar-refractivity contribution in [3.8, 4) is 0 Å². The van der Waals surface area contributed by atoms with E-state index in [0.29, 0.717) is 23.5 Å². The number of aryl methyl sites for hydroxylation is 1. The molecule has 0 aromatic heterocycles. The Balaban J connectivity index is 1.52. The quantitative estimate of drug-likeness (QED) is 0.368. The van der Waals surface area contributed by atoms with Crippen LogP contribution >= 0.6 is 0 Å². The van der Waals surface area contributed by atoms with E-state index in [2.05, 4.69) is 6.92 Å². The standard InChI is InChI=1S/C27H35F3O/c1-3-5-20-7-10-22(11-8-20)23-13-15-25(16-14-23)27(29,30)31-18-17-21-9-12-24(6-4-2)26(28)19-21/h9,12-16,19-20,22H,3-8,10-11,17-18H2,1-2H3/t20-,22-. The number of benzene rings is 2. The summed E-state index contributed by atoms with van der Waals surface area (Å²) in [5.74, 6) is 1.03. The summed E-state index contributed by atoms with van der Waals surface area (Å²) in [6.45, 7) is 4.06. The van der Waals surface area contributed by atoms with E-state index in [0.717, 1.165) is 30.7 Å². The molecule has 3 rings (SSSR count). The molecular formula is C27H35F3O. The number of hydrogen-bond acceptors (Lipinski definition) is 1. The van der Waals surface area contributed by atoms with Crippen molar-refractivity contribution >= 4 is 0 Å². The maximum absolute atomic E-state index is 14.5. The van der Waals surface area contributed by atoms with Gasteiger partial charge in [0.1, 0.15) is 5.82 Å². The van der Waals surface area contributed by atoms with Gasteiger partial charge in [-0.25, -0.2) is 4.39 Å². The maximum Gasteiger partial charge on any atom is 0.383 e. The molecule has 0 atom stereocenters. The van der Waals surface area contributed by atoms with Gasteiger partial charge in [-0.3, -0.25) is 0 Å². The van der Waals surface area contributed by atoms with E-state index in [1.54, 1.807) is 12.1 Å². The molecule has 0 bridgehead atoms. The minimum absolute atomic E-state index is 0.125. The molecule has 1 nitrogen and oxygen atoms in total. The zero-order valence-corrected chi connectivity index (χ0v) is 18.8. The molecule has 1 aliphatic carbocycles. The minimum Gasteiger partial charge on any atom is -0.316 e. The molecule has 0 radical (unpaired) electrons. The van der Waals surface area contributed by atoms with E-state index in [-0.39, 0.29) is 24.4 Å². The molecule has 0 amide bonds. The van der Waals surface area contributed by atoms with Gasteiger partial charge in [0.25, 0.3) is 0 Å². The number of halogens is 3. The van der Waals surface area contributed by atoms with Gasteiger partial charge in [-0.2, -0.15) is 8.78 Å². The lowest BCUT2D eigenvalue weighted by Gasteiger charge is -2.29. The van der Waals surface area contributed by atoms with Crippen LogP contribution in [0.2, 0.25) is 0 Å². The van der Waals surface area contributed by atoms with Crippen LogP contribution in [0.1, 0.15) is 87.0 Å². The van der Waals surface area contributed by atoms with Crippen molar-refractivity contribution in [2.24, 2.45) is 5.92 Å². The van der Waals surface area contributed by atoms with Crippen LogP contribution in [-0.2, 0) is 23.7 Å². The van der Waals surface area contributed by atoms with Gasteiger partial charge in [-0.05, 0) is 73.1 Å². The lowest BCUT2D eigenvalue weighted by Crippen LogP contribution is -2.20. The smallest absolute Gasteiger partial charge is 0.316 e. The van der Waals surface area contributed by atoms with Gasteiger partial charge < -0.3 is 4.74 Å². The summed E-state index contributed by atoms with van der Waals surface area (Å²) in [5.41, 5.74) is 2.36. The van der Waals surface area contributed by atoms with E-state index in [1.807, 2.05) is 19.1 Å². The molecule has 31 heavy (non-hydrogen) atoms. The Labute approximate surface area is 185 Å². The number of alkyl halides is 2. The predicted octanol–water partition coefficient (Wildman–Crippen LogP) is 8.16. The summed E-state index contributed by atoms with van der Waals surface area (Å²) in [6.07, 6.45) is 5.73. The van der Waals surface area contributed by atoms with E-state index in [9.17, 15) is 13.2 Å². The summed E-state index contributed by atoms with van der Waals surface area (Å²) in [5, 5.41) is 0. The van der Waals surface area contributed by atoms with Crippen LogP contribution in [0.4, 0.5) is 13.2 Å². The normalized spacial score (nSPS) is 19.5. The van der Waals surface area contributed by atoms with Crippen LogP contribution in [0, 0.1) is 11.7 Å². The number of ether oxygens (including phenoxy) is 1. The average molecular weight is 433 g/mol. The van der Waals surface area contributed by atoms with E-state index < -0.39 is 6.11 Å². The zero-order valence-electron chi connectivity index (χ0n) is 18.8. The zero-order chi connectivity index (χ0) is 22.3. The highest BCUT2D eigenvalue weighted by Crippen LogP contribution is 2.38. The highest BCUT2D eigenvalue weighted by molar-refractivity contribution is 5.28. The topological polar surface area (TPSA) is 9.23 Å². The Kier molecular flexibility index (Phi) is 8.59. The summed E-state index contributed by atoms with van der Waals surface area (Å²) in [6, 6.07) is 11.6. The maximum atomic E-state index is 14.5. The lowest BCUT2D eigenvalue weighted by atomic mass is 9.77. The summed E-state index contributed by atoms with van der Waals surface area (Å²) >= 11 is 0. The van der Waals surface area contributed by atoms with Gasteiger partial charge in [-0.1, -0.05) is 69.5 Å². The van der Waals surface area contributed by atoms with Crippen LogP contribution in [0.15, 0.2) is 42.5 Å². The molecule has 0 heterocycles. The molecular weight excluding hydrogens is 397 g/mol. The van der Waals surface area contributed by atoms with Crippen molar-refractivity contribution in [3.05, 3.63) is 70.5 Å². The third-order valence-corrected chi connectivity index (χ3v) is 6.57. The monoisotopic (exact) mass is 432 g/mol. The first-order valence-electron chi connectivity index (χ1n) is 11.8. The van der Waals surface area contributed by atoms with Gasteiger partial charge in [0.05, 0.1) is 12.2 Å². The van der Waals surface area contributed by atoms with Crippen molar-refractivity contribution in [2.75, 3.05) is 6.61 Å². The van der Waals surface area contributed by atoms with Crippen LogP contribution in [-0.4, -0.2) is 6.61 Å². The van der Waals surface area contributed by atoms with Gasteiger partial charge >= 0.3 is 6.11 Å². The number of hydrogen-bond donors (Lipinski definition) is 0. The Hall–Kier alpha value is -1.81. The number of rotatable bonds is 10. The van der Waals surface area contributed by atoms with Crippen LogP contribution < -0.4 is 0 Å². The molecule has 1 fully saturated rings. The SMILES string of the molecule is CCCc1ccc(CCOC(F)(F)c2ccc([C@H]3CC[C@H](CCC)CC3)cc2)cc1F. The molecule has 0 saturated heterocycles. The first-order chi connectivity index (χ1) is 14.9. The highest BCUT2D eigenvalue weighted by Gasteiger charge is 2.33. The van der Waals surface area contributed by atoms with E-state index >= 15 is 0 Å². The molecule has 1 saturated carbocycles. The van der Waals surface area contributed by atoms with Crippen molar-refractivity contribution in [1.29, 1.82) is 0 Å². The molecule has 0 aliphatic heterocycles. The van der Waals surface area contributed by atoms with Gasteiger partial charge in [0.15, 0.2) is 0 Å². The largest absolute Gasteiger partial charge is 0.383 e. The molecule has 4 heteroatoms. The first-order valence-corrected chi connectivity index (χ1v) is 11.8. The van der Waals surface area contributed by atoms with Crippen LogP contribution in [0.5, 0.6) is 0 Å². The van der Waals surface area contributed by atoms with Gasteiger partial charge in [0.2, 0.25) is 0 Å². The molecule has 2 aromatic carbocycles. The fourth-order valence-electron chi connectivity index (χ4n) is 4.74. The summed E-state index contributed by atoms with van der Waals surface area (Å²) in [7, 11) is 0. The molecule has 0 unspecified atom stereocenters. The van der Waals surface area contributed by atoms with E-state index in [1.165, 1.54) is 43.9 Å². The molecule has 1 aliphatic rings. The third-order valence-electron chi connectivity index (χ3n) is 6.57. The van der Waals surface area contributed by atoms with Crippen molar-refractivity contribution in [2.45, 2.75) is 83.7 Å². The average Bonchev–Trinajstić information content (AvgIpc) is 2.76. The predicted molar refractivity (Wildman–Crippen MR) is 120 cm³/mol. The fraction of sp³-hybridized carbons (Fsp3) is 0.556. The Morgan fingerprint density at radius 3 is 2.23 bits per heavy atom. The second-order valence-electron chi connectivity index (χ2n) is 8.92. The van der Waals surface area contributed by atoms with E-state index in [4.69, 9.17) is 4.74 Å². The molecule has 0 spiro atoms. The first kappa shape index (κ1) is 23.8. The second-order valence-corrected chi connectivity index (χ2v) is 8.92. The van der Waals surface area contributed by atoms with Crippen molar-refractivity contribution in [3.63, 3.8) is 0 Å².